The third kappa shape index (κ3) is 14.2. The lowest BCUT2D eigenvalue weighted by Gasteiger charge is -2.07. The van der Waals surface area contributed by atoms with Crippen LogP contribution in [0.15, 0.2) is 106 Å². The maximum Gasteiger partial charge on any atom is 0.330 e. The Morgan fingerprint density at radius 2 is 1.12 bits per heavy atom. The highest BCUT2D eigenvalue weighted by atomic mass is 79.9. The van der Waals surface area contributed by atoms with Crippen LogP contribution in [0.25, 0.3) is 6.08 Å². The Bertz CT molecular complexity index is 2200. The molecular formula is C48H55BrN2O6. The SMILES string of the molecule is C.C.C=CC(=O)OCC.CCOC(=O)/C=C/c1cccc(C2=Nc3cc(C)c(C)cc3CC(=O)C2)c1.Cc1cc2c(cc1C)N=C(c1cccc(Br)c1)CC(=O)C2. The van der Waals surface area contributed by atoms with Crippen LogP contribution in [-0.2, 0) is 41.5 Å². The summed E-state index contributed by atoms with van der Waals surface area (Å²) in [6.45, 7) is 15.8. The predicted octanol–water partition coefficient (Wildman–Crippen LogP) is 11.2. The van der Waals surface area contributed by atoms with Gasteiger partial charge in [0.15, 0.2) is 0 Å². The Labute approximate surface area is 347 Å². The van der Waals surface area contributed by atoms with Gasteiger partial charge in [-0.25, -0.2) is 9.59 Å². The van der Waals surface area contributed by atoms with Crippen LogP contribution in [-0.4, -0.2) is 48.1 Å². The fourth-order valence-corrected chi connectivity index (χ4v) is 6.28. The van der Waals surface area contributed by atoms with Crippen molar-refractivity contribution >= 4 is 68.3 Å². The van der Waals surface area contributed by atoms with Crippen LogP contribution < -0.4 is 0 Å². The van der Waals surface area contributed by atoms with Gasteiger partial charge in [0, 0.05) is 42.3 Å². The standard InChI is InChI=1S/C23H23NO3.C18H16BrNO.C5H8O2.2CH4/c1-4-27-23(26)9-8-17-6-5-7-18(12-17)22-14-20(25)13-19-10-15(2)16(3)11-21(19)24-22;1-11-6-14-9-16(21)10-18(20-17(14)7-12(11)2)13-4-3-5-15(19)8-13;1-3-5(6)7-4-2;;/h5-12H,4,13-14H2,1-3H3;3-8H,9-10H2,1-2H3;3H,1,4H2,2H3;2*1H4/b9-8+;;;;. The number of nitrogens with zero attached hydrogens (tertiary/aromatic N) is 2. The first-order chi connectivity index (χ1) is 26.3. The van der Waals surface area contributed by atoms with E-state index in [9.17, 15) is 19.2 Å². The number of hydrogen-bond donors (Lipinski definition) is 0. The lowest BCUT2D eigenvalue weighted by atomic mass is 9.99. The van der Waals surface area contributed by atoms with E-state index < -0.39 is 0 Å². The molecule has 9 heteroatoms. The summed E-state index contributed by atoms with van der Waals surface area (Å²) in [4.78, 5) is 55.8. The number of carbonyl (C=O) groups is 4. The van der Waals surface area contributed by atoms with Gasteiger partial charge >= 0.3 is 11.9 Å². The first kappa shape index (κ1) is 47.6. The second-order valence-electron chi connectivity index (χ2n) is 13.2. The van der Waals surface area contributed by atoms with Crippen LogP contribution in [0, 0.1) is 27.7 Å². The molecule has 0 saturated carbocycles. The van der Waals surface area contributed by atoms with Gasteiger partial charge in [-0.1, -0.05) is 79.8 Å². The molecule has 0 aromatic heterocycles. The number of benzene rings is 4. The molecule has 300 valence electrons. The second-order valence-corrected chi connectivity index (χ2v) is 14.1. The van der Waals surface area contributed by atoms with Crippen molar-refractivity contribution in [1.82, 2.24) is 0 Å². The largest absolute Gasteiger partial charge is 0.463 e. The van der Waals surface area contributed by atoms with E-state index in [1.807, 2.05) is 54.6 Å². The normalized spacial score (nSPS) is 12.8. The molecule has 0 fully saturated rings. The molecule has 0 aliphatic carbocycles. The lowest BCUT2D eigenvalue weighted by molar-refractivity contribution is -0.138. The first-order valence-electron chi connectivity index (χ1n) is 18.2. The van der Waals surface area contributed by atoms with Gasteiger partial charge < -0.3 is 9.47 Å². The Kier molecular flexibility index (Phi) is 19.1. The lowest BCUT2D eigenvalue weighted by Crippen LogP contribution is -2.09. The highest BCUT2D eigenvalue weighted by Gasteiger charge is 2.20. The number of carbonyl (C=O) groups excluding carboxylic acids is 4. The minimum Gasteiger partial charge on any atom is -0.463 e. The number of Topliss-reactive ketones (excluding diaryl/α,β-unsaturated/α-hetero) is 2. The molecule has 0 atom stereocenters. The minimum absolute atomic E-state index is 0. The van der Waals surface area contributed by atoms with E-state index in [1.54, 1.807) is 19.9 Å². The molecule has 2 aliphatic heterocycles. The van der Waals surface area contributed by atoms with E-state index in [0.717, 1.165) is 66.7 Å². The third-order valence-corrected chi connectivity index (χ3v) is 9.43. The highest BCUT2D eigenvalue weighted by Crippen LogP contribution is 2.30. The van der Waals surface area contributed by atoms with Crippen molar-refractivity contribution in [3.63, 3.8) is 0 Å². The van der Waals surface area contributed by atoms with Gasteiger partial charge in [0.25, 0.3) is 0 Å². The summed E-state index contributed by atoms with van der Waals surface area (Å²) in [6, 6.07) is 23.9. The van der Waals surface area contributed by atoms with Crippen LogP contribution in [0.3, 0.4) is 0 Å². The maximum atomic E-state index is 12.4. The zero-order chi connectivity index (χ0) is 40.1. The van der Waals surface area contributed by atoms with Crippen LogP contribution in [0.4, 0.5) is 11.4 Å². The molecule has 2 heterocycles. The van der Waals surface area contributed by atoms with Crippen molar-refractivity contribution in [2.45, 2.75) is 82.1 Å². The van der Waals surface area contributed by atoms with Crippen LogP contribution in [0.5, 0.6) is 0 Å². The van der Waals surface area contributed by atoms with Gasteiger partial charge in [0.2, 0.25) is 0 Å². The summed E-state index contributed by atoms with van der Waals surface area (Å²) in [5, 5.41) is 0. The van der Waals surface area contributed by atoms with Crippen molar-refractivity contribution in [3.8, 4) is 0 Å². The minimum atomic E-state index is -0.371. The summed E-state index contributed by atoms with van der Waals surface area (Å²) in [6.07, 6.45) is 5.83. The van der Waals surface area contributed by atoms with E-state index >= 15 is 0 Å². The van der Waals surface area contributed by atoms with Gasteiger partial charge in [-0.3, -0.25) is 19.6 Å². The zero-order valence-corrected chi connectivity index (χ0v) is 33.9. The summed E-state index contributed by atoms with van der Waals surface area (Å²) >= 11 is 3.48. The van der Waals surface area contributed by atoms with Gasteiger partial charge in [0.1, 0.15) is 11.6 Å². The number of aryl methyl sites for hydroxylation is 4. The zero-order valence-electron chi connectivity index (χ0n) is 32.3. The Hall–Kier alpha value is -5.54. The van der Waals surface area contributed by atoms with Crippen LogP contribution in [0.1, 0.15) is 91.6 Å². The smallest absolute Gasteiger partial charge is 0.330 e. The average Bonchev–Trinajstić information content (AvgIpc) is 3.41. The molecule has 8 nitrogen and oxygen atoms in total. The number of ether oxygens (including phenoxy) is 2. The van der Waals surface area contributed by atoms with Crippen molar-refractivity contribution in [2.75, 3.05) is 13.2 Å². The molecule has 4 aromatic rings. The fourth-order valence-electron chi connectivity index (χ4n) is 5.88. The third-order valence-electron chi connectivity index (χ3n) is 8.93. The molecule has 57 heavy (non-hydrogen) atoms. The maximum absolute atomic E-state index is 12.4. The summed E-state index contributed by atoms with van der Waals surface area (Å²) in [5.41, 5.74) is 12.9. The second kappa shape index (κ2) is 22.9. The van der Waals surface area contributed by atoms with Crippen molar-refractivity contribution in [2.24, 2.45) is 9.98 Å². The van der Waals surface area contributed by atoms with E-state index in [2.05, 4.69) is 73.1 Å². The monoisotopic (exact) mass is 834 g/mol. The van der Waals surface area contributed by atoms with Gasteiger partial charge in [0.05, 0.1) is 36.0 Å². The Balaban J connectivity index is 0.000000334. The summed E-state index contributed by atoms with van der Waals surface area (Å²) in [7, 11) is 0. The molecule has 0 radical (unpaired) electrons. The molecule has 4 aromatic carbocycles. The first-order valence-corrected chi connectivity index (χ1v) is 19.0. The van der Waals surface area contributed by atoms with E-state index in [0.29, 0.717) is 38.9 Å². The van der Waals surface area contributed by atoms with Crippen LogP contribution >= 0.6 is 15.9 Å². The van der Waals surface area contributed by atoms with Crippen molar-refractivity contribution in [3.05, 3.63) is 146 Å². The van der Waals surface area contributed by atoms with Crippen molar-refractivity contribution < 1.29 is 28.7 Å². The van der Waals surface area contributed by atoms with Gasteiger partial charge in [-0.2, -0.15) is 0 Å². The number of hydrogen-bond acceptors (Lipinski definition) is 8. The topological polar surface area (TPSA) is 111 Å². The number of aliphatic imine (C=N–C) groups is 2. The molecule has 0 unspecified atom stereocenters. The van der Waals surface area contributed by atoms with Gasteiger partial charge in [-0.15, -0.1) is 0 Å². The predicted molar refractivity (Wildman–Crippen MR) is 237 cm³/mol. The molecule has 0 bridgehead atoms. The van der Waals surface area contributed by atoms with E-state index in [-0.39, 0.29) is 38.4 Å². The number of rotatable bonds is 7. The molecule has 0 N–H and O–H groups in total. The van der Waals surface area contributed by atoms with Crippen LogP contribution in [0.2, 0.25) is 0 Å². The fraction of sp³-hybridized carbons (Fsp3) is 0.292. The van der Waals surface area contributed by atoms with E-state index in [1.165, 1.54) is 22.8 Å². The molecule has 0 spiro atoms. The summed E-state index contributed by atoms with van der Waals surface area (Å²) < 4.78 is 10.3. The number of esters is 2. The number of fused-ring (bicyclic) bond motifs is 2. The average molecular weight is 836 g/mol. The van der Waals surface area contributed by atoms with Crippen molar-refractivity contribution in [1.29, 1.82) is 0 Å². The Morgan fingerprint density at radius 3 is 1.58 bits per heavy atom. The highest BCUT2D eigenvalue weighted by molar-refractivity contribution is 9.10. The molecular weight excluding hydrogens is 780 g/mol. The quantitative estimate of drug-likeness (QED) is 0.135. The molecule has 6 rings (SSSR count). The number of halogens is 1. The number of ketones is 2. The van der Waals surface area contributed by atoms with E-state index in [4.69, 9.17) is 14.7 Å². The molecule has 0 amide bonds. The molecule has 0 saturated heterocycles. The van der Waals surface area contributed by atoms with Gasteiger partial charge in [-0.05, 0) is 128 Å². The summed E-state index contributed by atoms with van der Waals surface area (Å²) in [5.74, 6) is -0.355. The molecule has 2 aliphatic rings. The Morgan fingerprint density at radius 1 is 0.667 bits per heavy atom.